The lowest BCUT2D eigenvalue weighted by atomic mass is 9.87. The molecule has 4 rings (SSSR count). The first-order valence-corrected chi connectivity index (χ1v) is 9.66. The maximum Gasteiger partial charge on any atom is 0.226 e. The Hall–Kier alpha value is -2.57. The first-order valence-electron chi connectivity index (χ1n) is 9.66. The second kappa shape index (κ2) is 7.58. The summed E-state index contributed by atoms with van der Waals surface area (Å²) in [4.78, 5) is 15.7. The molecule has 3 heterocycles. The van der Waals surface area contributed by atoms with Gasteiger partial charge in [0.1, 0.15) is 6.61 Å². The van der Waals surface area contributed by atoms with Gasteiger partial charge in [-0.3, -0.25) is 0 Å². The Kier molecular flexibility index (Phi) is 5.01. The van der Waals surface area contributed by atoms with Gasteiger partial charge in [0, 0.05) is 31.0 Å². The number of hydrogen-bond donors (Lipinski definition) is 1. The van der Waals surface area contributed by atoms with Crippen molar-refractivity contribution in [3.05, 3.63) is 18.5 Å². The van der Waals surface area contributed by atoms with E-state index in [0.29, 0.717) is 24.5 Å². The molecule has 2 aliphatic rings. The Balaban J connectivity index is 1.56. The lowest BCUT2D eigenvalue weighted by molar-refractivity contribution is 0.309. The molecule has 1 aliphatic heterocycles. The van der Waals surface area contributed by atoms with Crippen molar-refractivity contribution < 1.29 is 9.47 Å². The van der Waals surface area contributed by atoms with E-state index in [9.17, 15) is 0 Å². The fraction of sp³-hybridized carbons (Fsp3) is 0.550. The molecule has 1 fully saturated rings. The predicted octanol–water partition coefficient (Wildman–Crippen LogP) is 3.37. The monoisotopic (exact) mass is 369 g/mol. The second-order valence-electron chi connectivity index (χ2n) is 7.53. The first kappa shape index (κ1) is 17.8. The summed E-state index contributed by atoms with van der Waals surface area (Å²) in [5.41, 5.74) is 1.70. The minimum atomic E-state index is 0.436. The first-order chi connectivity index (χ1) is 13.1. The van der Waals surface area contributed by atoms with Crippen LogP contribution in [0.1, 0.15) is 32.6 Å². The van der Waals surface area contributed by atoms with Crippen LogP contribution >= 0.6 is 0 Å². The number of hydrogen-bond acceptors (Lipinski definition) is 7. The van der Waals surface area contributed by atoms with Gasteiger partial charge >= 0.3 is 0 Å². The number of pyridine rings is 1. The van der Waals surface area contributed by atoms with E-state index in [2.05, 4.69) is 32.1 Å². The number of ether oxygens (including phenoxy) is 2. The summed E-state index contributed by atoms with van der Waals surface area (Å²) in [7, 11) is 3.65. The van der Waals surface area contributed by atoms with Crippen molar-refractivity contribution >= 4 is 11.8 Å². The minimum absolute atomic E-state index is 0.436. The zero-order valence-corrected chi connectivity index (χ0v) is 16.2. The number of nitrogens with zero attached hydrogens (tertiary/aromatic N) is 4. The summed E-state index contributed by atoms with van der Waals surface area (Å²) in [5.74, 6) is 3.62. The van der Waals surface area contributed by atoms with Gasteiger partial charge in [-0.05, 0) is 37.7 Å². The molecule has 144 valence electrons. The fourth-order valence-corrected chi connectivity index (χ4v) is 3.75. The van der Waals surface area contributed by atoms with Crippen LogP contribution in [0.5, 0.6) is 11.6 Å². The van der Waals surface area contributed by atoms with Crippen molar-refractivity contribution in [3.63, 3.8) is 0 Å². The van der Waals surface area contributed by atoms with Crippen molar-refractivity contribution in [1.82, 2.24) is 15.0 Å². The third-order valence-electron chi connectivity index (χ3n) is 5.49. The number of likely N-dealkylation sites (N-methyl/N-ethyl adjacent to an activating group) is 1. The van der Waals surface area contributed by atoms with Gasteiger partial charge in [-0.1, -0.05) is 6.92 Å². The number of aromatic nitrogens is 3. The lowest BCUT2D eigenvalue weighted by Crippen LogP contribution is -2.29. The fourth-order valence-electron chi connectivity index (χ4n) is 3.75. The van der Waals surface area contributed by atoms with Gasteiger partial charge in [-0.25, -0.2) is 9.97 Å². The van der Waals surface area contributed by atoms with Crippen LogP contribution in [-0.2, 0) is 0 Å². The molecule has 0 radical (unpaired) electrons. The third kappa shape index (κ3) is 3.77. The average molecular weight is 369 g/mol. The molecule has 0 saturated heterocycles. The molecule has 27 heavy (non-hydrogen) atoms. The average Bonchev–Trinajstić information content (AvgIpc) is 2.69. The molecule has 0 atom stereocenters. The van der Waals surface area contributed by atoms with E-state index in [-0.39, 0.29) is 0 Å². The minimum Gasteiger partial charge on any atom is -0.488 e. The van der Waals surface area contributed by atoms with Crippen LogP contribution in [0.4, 0.5) is 11.8 Å². The van der Waals surface area contributed by atoms with Gasteiger partial charge in [0.25, 0.3) is 0 Å². The summed E-state index contributed by atoms with van der Waals surface area (Å²) in [6, 6.07) is 2.42. The van der Waals surface area contributed by atoms with Crippen LogP contribution in [0.25, 0.3) is 11.1 Å². The number of methoxy groups -OCH3 is 1. The third-order valence-corrected chi connectivity index (χ3v) is 5.49. The Morgan fingerprint density at radius 3 is 2.78 bits per heavy atom. The van der Waals surface area contributed by atoms with Crippen LogP contribution in [0.3, 0.4) is 0 Å². The van der Waals surface area contributed by atoms with E-state index >= 15 is 0 Å². The second-order valence-corrected chi connectivity index (χ2v) is 7.53. The summed E-state index contributed by atoms with van der Waals surface area (Å²) < 4.78 is 11.3. The predicted molar refractivity (Wildman–Crippen MR) is 106 cm³/mol. The van der Waals surface area contributed by atoms with Crippen LogP contribution in [0.2, 0.25) is 0 Å². The SMILES string of the molecule is COc1nc(NC2CCC(C)CC2)ncc1-c1cnc2c(c1)OCCN2C. The number of fused-ring (bicyclic) bond motifs is 1. The van der Waals surface area contributed by atoms with Crippen LogP contribution < -0.4 is 19.7 Å². The summed E-state index contributed by atoms with van der Waals surface area (Å²) >= 11 is 0. The largest absolute Gasteiger partial charge is 0.488 e. The van der Waals surface area contributed by atoms with Gasteiger partial charge in [0.05, 0.1) is 19.2 Å². The van der Waals surface area contributed by atoms with Gasteiger partial charge in [-0.15, -0.1) is 0 Å². The molecule has 2 aromatic heterocycles. The van der Waals surface area contributed by atoms with E-state index in [1.54, 1.807) is 13.3 Å². The normalized spacial score (nSPS) is 22.0. The van der Waals surface area contributed by atoms with E-state index < -0.39 is 0 Å². The van der Waals surface area contributed by atoms with Crippen molar-refractivity contribution in [1.29, 1.82) is 0 Å². The van der Waals surface area contributed by atoms with Crippen molar-refractivity contribution in [2.75, 3.05) is 37.5 Å². The molecule has 2 aromatic rings. The van der Waals surface area contributed by atoms with E-state index in [1.807, 2.05) is 19.3 Å². The van der Waals surface area contributed by atoms with Crippen LogP contribution in [0.15, 0.2) is 18.5 Å². The van der Waals surface area contributed by atoms with Gasteiger partial charge in [0.2, 0.25) is 11.8 Å². The molecule has 0 amide bonds. The van der Waals surface area contributed by atoms with Gasteiger partial charge < -0.3 is 19.7 Å². The summed E-state index contributed by atoms with van der Waals surface area (Å²) in [6.45, 7) is 3.82. The Morgan fingerprint density at radius 1 is 1.19 bits per heavy atom. The smallest absolute Gasteiger partial charge is 0.226 e. The highest BCUT2D eigenvalue weighted by Gasteiger charge is 2.21. The van der Waals surface area contributed by atoms with E-state index in [1.165, 1.54) is 12.8 Å². The highest BCUT2D eigenvalue weighted by Crippen LogP contribution is 2.35. The van der Waals surface area contributed by atoms with E-state index in [4.69, 9.17) is 9.47 Å². The van der Waals surface area contributed by atoms with Gasteiger partial charge in [0.15, 0.2) is 11.6 Å². The summed E-state index contributed by atoms with van der Waals surface area (Å²) in [6.07, 6.45) is 8.45. The molecule has 1 aliphatic carbocycles. The molecule has 1 N–H and O–H groups in total. The molecule has 7 nitrogen and oxygen atoms in total. The Bertz CT molecular complexity index is 805. The molecule has 1 saturated carbocycles. The lowest BCUT2D eigenvalue weighted by Gasteiger charge is -2.27. The van der Waals surface area contributed by atoms with Crippen molar-refractivity contribution in [2.24, 2.45) is 5.92 Å². The topological polar surface area (TPSA) is 72.4 Å². The maximum atomic E-state index is 5.76. The molecule has 0 spiro atoms. The zero-order valence-electron chi connectivity index (χ0n) is 16.2. The Labute approximate surface area is 160 Å². The molecule has 0 aromatic carbocycles. The molecular formula is C20H27N5O2. The zero-order chi connectivity index (χ0) is 18.8. The van der Waals surface area contributed by atoms with Crippen LogP contribution in [-0.4, -0.2) is 48.3 Å². The highest BCUT2D eigenvalue weighted by atomic mass is 16.5. The maximum absolute atomic E-state index is 5.76. The highest BCUT2D eigenvalue weighted by molar-refractivity contribution is 5.72. The van der Waals surface area contributed by atoms with E-state index in [0.717, 1.165) is 48.0 Å². The molecule has 7 heteroatoms. The van der Waals surface area contributed by atoms with Crippen molar-refractivity contribution in [2.45, 2.75) is 38.6 Å². The van der Waals surface area contributed by atoms with Crippen LogP contribution in [0, 0.1) is 5.92 Å². The number of anilines is 2. The summed E-state index contributed by atoms with van der Waals surface area (Å²) in [5, 5.41) is 3.46. The standard InChI is InChI=1S/C20H27N5O2/c1-13-4-6-15(7-5-13)23-20-22-12-16(19(24-20)26-3)14-10-17-18(21-11-14)25(2)8-9-27-17/h10-13,15H,4-9H2,1-3H3,(H,22,23,24). The van der Waals surface area contributed by atoms with Gasteiger partial charge in [-0.2, -0.15) is 4.98 Å². The van der Waals surface area contributed by atoms with Crippen molar-refractivity contribution in [3.8, 4) is 22.8 Å². The number of rotatable bonds is 4. The molecule has 0 bridgehead atoms. The molecule has 0 unspecified atom stereocenters. The molecular weight excluding hydrogens is 342 g/mol. The number of nitrogens with one attached hydrogen (secondary N) is 1. The Morgan fingerprint density at radius 2 is 2.00 bits per heavy atom. The quantitative estimate of drug-likeness (QED) is 0.886.